The Morgan fingerprint density at radius 3 is 2.29 bits per heavy atom. The lowest BCUT2D eigenvalue weighted by Gasteiger charge is -2.32. The maximum atomic E-state index is 13.5. The van der Waals surface area contributed by atoms with Crippen LogP contribution < -0.4 is 14.4 Å². The smallest absolute Gasteiger partial charge is 0.244 e. The van der Waals surface area contributed by atoms with Gasteiger partial charge in [0.15, 0.2) is 0 Å². The van der Waals surface area contributed by atoms with Gasteiger partial charge in [-0.3, -0.25) is 13.9 Å². The number of hydrogen-bond acceptors (Lipinski definition) is 5. The maximum Gasteiger partial charge on any atom is 0.244 e. The van der Waals surface area contributed by atoms with E-state index in [0.717, 1.165) is 22.5 Å². The number of sulfonamides is 1. The van der Waals surface area contributed by atoms with Crippen molar-refractivity contribution < 1.29 is 22.7 Å². The number of rotatable bonds is 11. The summed E-state index contributed by atoms with van der Waals surface area (Å²) < 4.78 is 31.2. The quantitative estimate of drug-likeness (QED) is 0.500. The summed E-state index contributed by atoms with van der Waals surface area (Å²) >= 11 is 6.04. The molecular weight excluding hydrogens is 478 g/mol. The molecule has 2 atom stereocenters. The number of benzene rings is 2. The third kappa shape index (κ3) is 7.63. The Kier molecular flexibility index (Phi) is 9.76. The molecular formula is C24H32ClN3O5S. The Hall–Kier alpha value is -2.78. The van der Waals surface area contributed by atoms with E-state index in [2.05, 4.69) is 5.32 Å². The number of amides is 2. The number of nitrogens with one attached hydrogen (secondary N) is 1. The molecule has 0 fully saturated rings. The predicted octanol–water partition coefficient (Wildman–Crippen LogP) is 3.45. The number of methoxy groups -OCH3 is 1. The molecule has 2 amide bonds. The van der Waals surface area contributed by atoms with Crippen molar-refractivity contribution in [2.24, 2.45) is 0 Å². The van der Waals surface area contributed by atoms with Crippen LogP contribution in [0.5, 0.6) is 5.75 Å². The topological polar surface area (TPSA) is 96.0 Å². The molecule has 0 saturated heterocycles. The second kappa shape index (κ2) is 12.1. The van der Waals surface area contributed by atoms with E-state index < -0.39 is 28.5 Å². The molecule has 8 nitrogen and oxygen atoms in total. The van der Waals surface area contributed by atoms with Crippen LogP contribution in [0, 0.1) is 0 Å². The van der Waals surface area contributed by atoms with E-state index in [4.69, 9.17) is 16.3 Å². The van der Waals surface area contributed by atoms with Crippen molar-refractivity contribution in [2.45, 2.75) is 45.8 Å². The average Bonchev–Trinajstić information content (AvgIpc) is 2.79. The third-order valence-corrected chi connectivity index (χ3v) is 6.83. The van der Waals surface area contributed by atoms with Crippen LogP contribution in [-0.4, -0.2) is 57.1 Å². The maximum absolute atomic E-state index is 13.5. The van der Waals surface area contributed by atoms with Crippen LogP contribution in [-0.2, 0) is 26.2 Å². The van der Waals surface area contributed by atoms with Gasteiger partial charge in [0.1, 0.15) is 18.3 Å². The Morgan fingerprint density at radius 2 is 1.76 bits per heavy atom. The molecule has 0 aromatic heterocycles. The van der Waals surface area contributed by atoms with Crippen LogP contribution in [0.2, 0.25) is 5.02 Å². The van der Waals surface area contributed by atoms with E-state index in [-0.39, 0.29) is 24.2 Å². The fourth-order valence-corrected chi connectivity index (χ4v) is 4.25. The number of halogens is 1. The number of carbonyl (C=O) groups is 2. The van der Waals surface area contributed by atoms with Gasteiger partial charge in [-0.15, -0.1) is 0 Å². The summed E-state index contributed by atoms with van der Waals surface area (Å²) in [5.74, 6) is -0.175. The van der Waals surface area contributed by atoms with Crippen molar-refractivity contribution in [3.8, 4) is 5.75 Å². The molecule has 0 spiro atoms. The summed E-state index contributed by atoms with van der Waals surface area (Å²) in [5.41, 5.74) is 1.04. The SMILES string of the molecule is CC[C@H](C)NC(=O)[C@@H](C)N(Cc1ccc(OC)cc1)C(=O)CN(c1cccc(Cl)c1)S(C)(=O)=O. The van der Waals surface area contributed by atoms with Crippen molar-refractivity contribution in [2.75, 3.05) is 24.2 Å². The minimum Gasteiger partial charge on any atom is -0.497 e. The highest BCUT2D eigenvalue weighted by atomic mass is 35.5. The zero-order valence-corrected chi connectivity index (χ0v) is 21.7. The predicted molar refractivity (Wildman–Crippen MR) is 135 cm³/mol. The Labute approximate surface area is 206 Å². The van der Waals surface area contributed by atoms with Crippen LogP contribution in [0.3, 0.4) is 0 Å². The van der Waals surface area contributed by atoms with Crippen LogP contribution in [0.4, 0.5) is 5.69 Å². The third-order valence-electron chi connectivity index (χ3n) is 5.46. The Balaban J connectivity index is 2.37. The highest BCUT2D eigenvalue weighted by Gasteiger charge is 2.30. The van der Waals surface area contributed by atoms with E-state index in [0.29, 0.717) is 10.8 Å². The van der Waals surface area contributed by atoms with Crippen molar-refractivity contribution >= 4 is 39.1 Å². The fourth-order valence-electron chi connectivity index (χ4n) is 3.22. The van der Waals surface area contributed by atoms with Crippen molar-refractivity contribution in [1.29, 1.82) is 0 Å². The Morgan fingerprint density at radius 1 is 1.12 bits per heavy atom. The number of ether oxygens (including phenoxy) is 1. The van der Waals surface area contributed by atoms with Crippen LogP contribution in [0.25, 0.3) is 0 Å². The molecule has 10 heteroatoms. The fraction of sp³-hybridized carbons (Fsp3) is 0.417. The van der Waals surface area contributed by atoms with Gasteiger partial charge in [-0.1, -0.05) is 36.7 Å². The van der Waals surface area contributed by atoms with E-state index in [1.807, 2.05) is 13.8 Å². The molecule has 0 aliphatic rings. The zero-order chi connectivity index (χ0) is 25.5. The largest absolute Gasteiger partial charge is 0.497 e. The van der Waals surface area contributed by atoms with Crippen LogP contribution >= 0.6 is 11.6 Å². The van der Waals surface area contributed by atoms with E-state index >= 15 is 0 Å². The van der Waals surface area contributed by atoms with Crippen LogP contribution in [0.1, 0.15) is 32.8 Å². The first-order valence-electron chi connectivity index (χ1n) is 10.9. The monoisotopic (exact) mass is 509 g/mol. The molecule has 34 heavy (non-hydrogen) atoms. The molecule has 1 N–H and O–H groups in total. The number of nitrogens with zero attached hydrogens (tertiary/aromatic N) is 2. The Bertz CT molecular complexity index is 1090. The minimum absolute atomic E-state index is 0.0631. The lowest BCUT2D eigenvalue weighted by molar-refractivity contribution is -0.139. The molecule has 2 aromatic carbocycles. The molecule has 0 saturated carbocycles. The summed E-state index contributed by atoms with van der Waals surface area (Å²) in [6, 6.07) is 12.5. The lowest BCUT2D eigenvalue weighted by Crippen LogP contribution is -2.52. The van der Waals surface area contributed by atoms with Gasteiger partial charge < -0.3 is 15.0 Å². The molecule has 0 bridgehead atoms. The van der Waals surface area contributed by atoms with E-state index in [9.17, 15) is 18.0 Å². The summed E-state index contributed by atoms with van der Waals surface area (Å²) in [6.45, 7) is 5.10. The van der Waals surface area contributed by atoms with Crippen molar-refractivity contribution in [3.63, 3.8) is 0 Å². The van der Waals surface area contributed by atoms with E-state index in [1.165, 1.54) is 11.0 Å². The first kappa shape index (κ1) is 27.5. The standard InChI is InChI=1S/C24H32ClN3O5S/c1-6-17(2)26-24(30)18(3)27(15-19-10-12-22(33-4)13-11-19)23(29)16-28(34(5,31)32)21-9-7-8-20(25)14-21/h7-14,17-18H,6,15-16H2,1-5H3,(H,26,30)/t17-,18+/m0/s1. The molecule has 0 aliphatic carbocycles. The second-order valence-corrected chi connectivity index (χ2v) is 10.5. The van der Waals surface area contributed by atoms with Gasteiger partial charge in [0.2, 0.25) is 21.8 Å². The first-order chi connectivity index (χ1) is 16.0. The van der Waals surface area contributed by atoms with Crippen molar-refractivity contribution in [1.82, 2.24) is 10.2 Å². The molecule has 2 rings (SSSR count). The van der Waals surface area contributed by atoms with Gasteiger partial charge in [-0.2, -0.15) is 0 Å². The van der Waals surface area contributed by atoms with Gasteiger partial charge in [-0.05, 0) is 56.2 Å². The van der Waals surface area contributed by atoms with Gasteiger partial charge >= 0.3 is 0 Å². The highest BCUT2D eigenvalue weighted by Crippen LogP contribution is 2.23. The molecule has 0 heterocycles. The summed E-state index contributed by atoms with van der Waals surface area (Å²) in [6.07, 6.45) is 1.76. The van der Waals surface area contributed by atoms with Crippen molar-refractivity contribution in [3.05, 3.63) is 59.1 Å². The summed E-state index contributed by atoms with van der Waals surface area (Å²) in [7, 11) is -2.25. The highest BCUT2D eigenvalue weighted by molar-refractivity contribution is 7.92. The van der Waals surface area contributed by atoms with Gasteiger partial charge in [0, 0.05) is 17.6 Å². The summed E-state index contributed by atoms with van der Waals surface area (Å²) in [5, 5.41) is 3.23. The lowest BCUT2D eigenvalue weighted by atomic mass is 10.1. The number of carbonyl (C=O) groups excluding carboxylic acids is 2. The molecule has 2 aromatic rings. The minimum atomic E-state index is -3.80. The van der Waals surface area contributed by atoms with Gasteiger partial charge in [0.25, 0.3) is 0 Å². The molecule has 0 unspecified atom stereocenters. The van der Waals surface area contributed by atoms with E-state index in [1.54, 1.807) is 56.5 Å². The second-order valence-electron chi connectivity index (χ2n) is 8.11. The molecule has 186 valence electrons. The zero-order valence-electron chi connectivity index (χ0n) is 20.1. The number of anilines is 1. The normalized spacial score (nSPS) is 13.0. The summed E-state index contributed by atoms with van der Waals surface area (Å²) in [4.78, 5) is 27.7. The van der Waals surface area contributed by atoms with Crippen LogP contribution in [0.15, 0.2) is 48.5 Å². The molecule has 0 aliphatic heterocycles. The number of hydrogen-bond donors (Lipinski definition) is 1. The van der Waals surface area contributed by atoms with Gasteiger partial charge in [0.05, 0.1) is 19.1 Å². The van der Waals surface area contributed by atoms with Gasteiger partial charge in [-0.25, -0.2) is 8.42 Å². The average molecular weight is 510 g/mol. The first-order valence-corrected chi connectivity index (χ1v) is 13.1. The molecule has 0 radical (unpaired) electrons.